The summed E-state index contributed by atoms with van der Waals surface area (Å²) < 4.78 is 15.6. The Hall–Kier alpha value is -3.51. The summed E-state index contributed by atoms with van der Waals surface area (Å²) in [5, 5.41) is 4.97. The molecule has 0 radical (unpaired) electrons. The predicted molar refractivity (Wildman–Crippen MR) is 118 cm³/mol. The molecule has 0 saturated heterocycles. The van der Waals surface area contributed by atoms with E-state index in [9.17, 15) is 9.18 Å². The standard InChI is InChI=1S/C24H20ClFN4O/c1-16-21(15-28-30(16)20-10-6-8-18(25)14-20)24(31)29(2)23(22-11-3-4-12-27-22)17-7-5-9-19(26)13-17/h3-15,23H,1-2H3. The lowest BCUT2D eigenvalue weighted by atomic mass is 10.0. The molecule has 2 heterocycles. The first-order chi connectivity index (χ1) is 15.0. The summed E-state index contributed by atoms with van der Waals surface area (Å²) in [6, 6.07) is 18.4. The highest BCUT2D eigenvalue weighted by Crippen LogP contribution is 2.29. The zero-order valence-electron chi connectivity index (χ0n) is 17.0. The van der Waals surface area contributed by atoms with Crippen LogP contribution in [0.5, 0.6) is 0 Å². The number of rotatable bonds is 5. The molecule has 1 amide bonds. The van der Waals surface area contributed by atoms with Crippen LogP contribution in [0.15, 0.2) is 79.1 Å². The summed E-state index contributed by atoms with van der Waals surface area (Å²) in [6.45, 7) is 1.83. The molecular formula is C24H20ClFN4O. The average Bonchev–Trinajstić information content (AvgIpc) is 3.15. The van der Waals surface area contributed by atoms with Gasteiger partial charge in [-0.15, -0.1) is 0 Å². The van der Waals surface area contributed by atoms with E-state index >= 15 is 0 Å². The lowest BCUT2D eigenvalue weighted by Gasteiger charge is -2.28. The van der Waals surface area contributed by atoms with Crippen molar-refractivity contribution in [3.63, 3.8) is 0 Å². The number of carbonyl (C=O) groups excluding carboxylic acids is 1. The summed E-state index contributed by atoms with van der Waals surface area (Å²) >= 11 is 6.10. The molecule has 2 aromatic carbocycles. The van der Waals surface area contributed by atoms with Gasteiger partial charge in [0.15, 0.2) is 0 Å². The minimum Gasteiger partial charge on any atom is -0.329 e. The molecule has 0 spiro atoms. The molecule has 7 heteroatoms. The van der Waals surface area contributed by atoms with Crippen LogP contribution in [0.4, 0.5) is 4.39 Å². The molecule has 0 bridgehead atoms. The van der Waals surface area contributed by atoms with E-state index in [2.05, 4.69) is 10.1 Å². The van der Waals surface area contributed by atoms with Gasteiger partial charge < -0.3 is 4.90 Å². The first-order valence-electron chi connectivity index (χ1n) is 9.70. The van der Waals surface area contributed by atoms with E-state index in [1.165, 1.54) is 18.3 Å². The third kappa shape index (κ3) is 4.20. The van der Waals surface area contributed by atoms with E-state index in [0.29, 0.717) is 27.5 Å². The van der Waals surface area contributed by atoms with E-state index < -0.39 is 6.04 Å². The molecule has 0 aliphatic heterocycles. The smallest absolute Gasteiger partial charge is 0.257 e. The molecule has 1 unspecified atom stereocenters. The van der Waals surface area contributed by atoms with Gasteiger partial charge in [0.2, 0.25) is 0 Å². The zero-order chi connectivity index (χ0) is 22.0. The van der Waals surface area contributed by atoms with Gasteiger partial charge in [0.05, 0.1) is 34.9 Å². The van der Waals surface area contributed by atoms with E-state index in [4.69, 9.17) is 11.6 Å². The number of benzene rings is 2. The molecule has 0 aliphatic carbocycles. The second kappa shape index (κ2) is 8.70. The van der Waals surface area contributed by atoms with E-state index in [1.54, 1.807) is 53.2 Å². The number of amides is 1. The minimum absolute atomic E-state index is 0.245. The van der Waals surface area contributed by atoms with Gasteiger partial charge in [-0.05, 0) is 55.0 Å². The molecule has 156 valence electrons. The summed E-state index contributed by atoms with van der Waals surface area (Å²) in [6.07, 6.45) is 3.19. The number of aromatic nitrogens is 3. The van der Waals surface area contributed by atoms with Crippen LogP contribution in [0, 0.1) is 12.7 Å². The van der Waals surface area contributed by atoms with Crippen LogP contribution >= 0.6 is 11.6 Å². The predicted octanol–water partition coefficient (Wildman–Crippen LogP) is 5.23. The molecule has 0 fully saturated rings. The highest BCUT2D eigenvalue weighted by Gasteiger charge is 2.28. The fourth-order valence-electron chi connectivity index (χ4n) is 3.60. The quantitative estimate of drug-likeness (QED) is 0.432. The van der Waals surface area contributed by atoms with Gasteiger partial charge in [0, 0.05) is 18.3 Å². The SMILES string of the molecule is Cc1c(C(=O)N(C)C(c2cccc(F)c2)c2ccccn2)cnn1-c1cccc(Cl)c1. The Morgan fingerprint density at radius 3 is 2.61 bits per heavy atom. The van der Waals surface area contributed by atoms with Gasteiger partial charge in [-0.3, -0.25) is 9.78 Å². The Morgan fingerprint density at radius 1 is 1.10 bits per heavy atom. The molecule has 0 aliphatic rings. The monoisotopic (exact) mass is 434 g/mol. The Morgan fingerprint density at radius 2 is 1.90 bits per heavy atom. The minimum atomic E-state index is -0.557. The van der Waals surface area contributed by atoms with Gasteiger partial charge in [0.1, 0.15) is 5.82 Å². The number of carbonyl (C=O) groups is 1. The Kier molecular flexibility index (Phi) is 5.82. The largest absolute Gasteiger partial charge is 0.329 e. The first kappa shape index (κ1) is 20.8. The Bertz CT molecular complexity index is 1230. The molecule has 5 nitrogen and oxygen atoms in total. The number of hydrogen-bond acceptors (Lipinski definition) is 3. The van der Waals surface area contributed by atoms with Crippen LogP contribution in [0.25, 0.3) is 5.69 Å². The second-order valence-electron chi connectivity index (χ2n) is 7.16. The number of nitrogens with zero attached hydrogens (tertiary/aromatic N) is 4. The maximum absolute atomic E-state index is 14.0. The van der Waals surface area contributed by atoms with Crippen LogP contribution in [-0.4, -0.2) is 32.6 Å². The van der Waals surface area contributed by atoms with Gasteiger partial charge in [0.25, 0.3) is 5.91 Å². The van der Waals surface area contributed by atoms with Crippen LogP contribution in [-0.2, 0) is 0 Å². The zero-order valence-corrected chi connectivity index (χ0v) is 17.8. The summed E-state index contributed by atoms with van der Waals surface area (Å²) in [7, 11) is 1.68. The molecule has 31 heavy (non-hydrogen) atoms. The van der Waals surface area contributed by atoms with E-state index in [1.807, 2.05) is 31.2 Å². The van der Waals surface area contributed by atoms with E-state index in [0.717, 1.165) is 5.69 Å². The van der Waals surface area contributed by atoms with Crippen molar-refractivity contribution in [2.75, 3.05) is 7.05 Å². The van der Waals surface area contributed by atoms with Crippen molar-refractivity contribution in [1.29, 1.82) is 0 Å². The van der Waals surface area contributed by atoms with Crippen molar-refractivity contribution >= 4 is 17.5 Å². The maximum atomic E-state index is 14.0. The molecule has 4 aromatic rings. The van der Waals surface area contributed by atoms with Crippen molar-refractivity contribution in [2.45, 2.75) is 13.0 Å². The Labute approximate surface area is 184 Å². The van der Waals surface area contributed by atoms with Crippen LogP contribution < -0.4 is 0 Å². The van der Waals surface area contributed by atoms with Gasteiger partial charge in [-0.2, -0.15) is 5.10 Å². The van der Waals surface area contributed by atoms with Crippen LogP contribution in [0.1, 0.15) is 33.4 Å². The summed E-state index contributed by atoms with van der Waals surface area (Å²) in [5.74, 6) is -0.616. The molecule has 2 aromatic heterocycles. The molecule has 0 N–H and O–H groups in total. The third-order valence-corrected chi connectivity index (χ3v) is 5.37. The van der Waals surface area contributed by atoms with Crippen molar-refractivity contribution in [2.24, 2.45) is 0 Å². The lowest BCUT2D eigenvalue weighted by molar-refractivity contribution is 0.0751. The highest BCUT2D eigenvalue weighted by atomic mass is 35.5. The normalized spacial score (nSPS) is 11.9. The highest BCUT2D eigenvalue weighted by molar-refractivity contribution is 6.30. The van der Waals surface area contributed by atoms with Crippen LogP contribution in [0.2, 0.25) is 5.02 Å². The molecule has 1 atom stereocenters. The van der Waals surface area contributed by atoms with Gasteiger partial charge in [-0.25, -0.2) is 9.07 Å². The van der Waals surface area contributed by atoms with Crippen molar-refractivity contribution in [3.05, 3.63) is 112 Å². The van der Waals surface area contributed by atoms with Crippen molar-refractivity contribution in [1.82, 2.24) is 19.7 Å². The molecule has 0 saturated carbocycles. The summed E-state index contributed by atoms with van der Waals surface area (Å²) in [5.41, 5.74) is 3.16. The average molecular weight is 435 g/mol. The summed E-state index contributed by atoms with van der Waals surface area (Å²) in [4.78, 5) is 19.4. The number of halogens is 2. The molecular weight excluding hydrogens is 415 g/mol. The lowest BCUT2D eigenvalue weighted by Crippen LogP contribution is -2.32. The topological polar surface area (TPSA) is 51.0 Å². The molecule has 4 rings (SSSR count). The van der Waals surface area contributed by atoms with Crippen molar-refractivity contribution < 1.29 is 9.18 Å². The first-order valence-corrected chi connectivity index (χ1v) is 10.1. The van der Waals surface area contributed by atoms with Crippen LogP contribution in [0.3, 0.4) is 0 Å². The van der Waals surface area contributed by atoms with E-state index in [-0.39, 0.29) is 11.7 Å². The second-order valence-corrected chi connectivity index (χ2v) is 7.60. The maximum Gasteiger partial charge on any atom is 0.257 e. The fourth-order valence-corrected chi connectivity index (χ4v) is 3.79. The Balaban J connectivity index is 1.73. The fraction of sp³-hybridized carbons (Fsp3) is 0.125. The number of hydrogen-bond donors (Lipinski definition) is 0. The number of pyridine rings is 1. The van der Waals surface area contributed by atoms with Crippen molar-refractivity contribution in [3.8, 4) is 5.69 Å². The third-order valence-electron chi connectivity index (χ3n) is 5.13. The van der Waals surface area contributed by atoms with Gasteiger partial charge >= 0.3 is 0 Å². The van der Waals surface area contributed by atoms with Gasteiger partial charge in [-0.1, -0.05) is 35.9 Å².